The van der Waals surface area contributed by atoms with Crippen LogP contribution in [0.5, 0.6) is 11.5 Å². The molecule has 0 atom stereocenters. The second kappa shape index (κ2) is 11.6. The number of carbonyl (C=O) groups is 2. The number of anilines is 1. The van der Waals surface area contributed by atoms with Gasteiger partial charge in [0.05, 0.1) is 27.4 Å². The molecule has 0 aliphatic carbocycles. The molecule has 1 saturated heterocycles. The topological polar surface area (TPSA) is 120 Å². The van der Waals surface area contributed by atoms with Crippen LogP contribution in [-0.4, -0.2) is 71.7 Å². The van der Waals surface area contributed by atoms with Crippen molar-refractivity contribution < 1.29 is 37.0 Å². The van der Waals surface area contributed by atoms with Crippen molar-refractivity contribution in [3.8, 4) is 11.5 Å². The summed E-state index contributed by atoms with van der Waals surface area (Å²) in [4.78, 5) is 24.1. The number of nitrogens with zero attached hydrogens (tertiary/aromatic N) is 1. The Bertz CT molecular complexity index is 1160. The van der Waals surface area contributed by atoms with Crippen LogP contribution in [0, 0.1) is 0 Å². The quantitative estimate of drug-likeness (QED) is 0.418. The van der Waals surface area contributed by atoms with Crippen molar-refractivity contribution in [2.75, 3.05) is 52.4 Å². The number of ether oxygens (including phenoxy) is 4. The van der Waals surface area contributed by atoms with Gasteiger partial charge in [-0.25, -0.2) is 13.2 Å². The number of benzene rings is 2. The Labute approximate surface area is 198 Å². The lowest BCUT2D eigenvalue weighted by Crippen LogP contribution is -2.40. The fourth-order valence-corrected chi connectivity index (χ4v) is 4.77. The first kappa shape index (κ1) is 25.2. The van der Waals surface area contributed by atoms with Crippen LogP contribution in [0.2, 0.25) is 0 Å². The molecular formula is C23H26N2O8S. The second-order valence-corrected chi connectivity index (χ2v) is 9.05. The Morgan fingerprint density at radius 2 is 1.85 bits per heavy atom. The summed E-state index contributed by atoms with van der Waals surface area (Å²) in [6.07, 6.45) is 2.52. The predicted octanol–water partition coefficient (Wildman–Crippen LogP) is 1.92. The highest BCUT2D eigenvalue weighted by Crippen LogP contribution is 2.29. The minimum atomic E-state index is -3.81. The van der Waals surface area contributed by atoms with Crippen LogP contribution < -0.4 is 14.8 Å². The molecular weight excluding hydrogens is 464 g/mol. The lowest BCUT2D eigenvalue weighted by atomic mass is 10.2. The lowest BCUT2D eigenvalue weighted by molar-refractivity contribution is -0.142. The molecule has 1 aliphatic heterocycles. The highest BCUT2D eigenvalue weighted by Gasteiger charge is 2.29. The number of carbonyl (C=O) groups excluding carboxylic acids is 2. The highest BCUT2D eigenvalue weighted by atomic mass is 32.2. The Balaban J connectivity index is 1.62. The molecule has 2 aromatic rings. The molecule has 0 spiro atoms. The highest BCUT2D eigenvalue weighted by molar-refractivity contribution is 7.89. The summed E-state index contributed by atoms with van der Waals surface area (Å²) in [7, 11) is -0.907. The van der Waals surface area contributed by atoms with E-state index in [-0.39, 0.29) is 23.7 Å². The summed E-state index contributed by atoms with van der Waals surface area (Å²) in [5.41, 5.74) is 0.952. The molecule has 182 valence electrons. The maximum absolute atomic E-state index is 13.0. The summed E-state index contributed by atoms with van der Waals surface area (Å²) in [5, 5.41) is 2.60. The molecule has 3 rings (SSSR count). The van der Waals surface area contributed by atoms with Gasteiger partial charge in [-0.05, 0) is 35.9 Å². The summed E-state index contributed by atoms with van der Waals surface area (Å²) in [6.45, 7) is 0.641. The standard InChI is InChI=1S/C23H26N2O8S/c1-30-19-5-3-4-18(15-19)24-22(26)16-33-23(27)9-7-17-6-8-20(31-2)21(14-17)34(28,29)25-10-12-32-13-11-25/h3-9,14-15H,10-13,16H2,1-2H3,(H,24,26)/b9-7+. The van der Waals surface area contributed by atoms with Crippen LogP contribution in [0.3, 0.4) is 0 Å². The van der Waals surface area contributed by atoms with Gasteiger partial charge in [0.15, 0.2) is 6.61 Å². The molecule has 10 nitrogen and oxygen atoms in total. The monoisotopic (exact) mass is 490 g/mol. The third-order valence-corrected chi connectivity index (χ3v) is 6.81. The zero-order valence-corrected chi connectivity index (χ0v) is 19.7. The Hall–Kier alpha value is -3.41. The number of morpholine rings is 1. The maximum atomic E-state index is 13.0. The average Bonchev–Trinajstić information content (AvgIpc) is 2.86. The van der Waals surface area contributed by atoms with E-state index in [1.165, 1.54) is 36.7 Å². The van der Waals surface area contributed by atoms with E-state index in [1.807, 2.05) is 0 Å². The largest absolute Gasteiger partial charge is 0.497 e. The van der Waals surface area contributed by atoms with Gasteiger partial charge in [-0.1, -0.05) is 12.1 Å². The average molecular weight is 491 g/mol. The first-order chi connectivity index (χ1) is 16.3. The second-order valence-electron chi connectivity index (χ2n) is 7.15. The van der Waals surface area contributed by atoms with Gasteiger partial charge in [0.1, 0.15) is 16.4 Å². The van der Waals surface area contributed by atoms with Crippen LogP contribution in [0.15, 0.2) is 53.4 Å². The minimum Gasteiger partial charge on any atom is -0.497 e. The van der Waals surface area contributed by atoms with Crippen LogP contribution in [0.1, 0.15) is 5.56 Å². The zero-order chi connectivity index (χ0) is 24.6. The van der Waals surface area contributed by atoms with E-state index in [0.29, 0.717) is 30.2 Å². The van der Waals surface area contributed by atoms with E-state index in [9.17, 15) is 18.0 Å². The third kappa shape index (κ3) is 6.56. The SMILES string of the molecule is COc1cccc(NC(=O)COC(=O)/C=C/c2ccc(OC)c(S(=O)(=O)N3CCOCC3)c2)c1. The van der Waals surface area contributed by atoms with E-state index in [0.717, 1.165) is 6.08 Å². The van der Waals surface area contributed by atoms with Crippen molar-refractivity contribution >= 4 is 33.7 Å². The van der Waals surface area contributed by atoms with Crippen molar-refractivity contribution in [1.82, 2.24) is 4.31 Å². The molecule has 1 heterocycles. The molecule has 11 heteroatoms. The van der Waals surface area contributed by atoms with E-state index in [2.05, 4.69) is 5.32 Å². The molecule has 0 unspecified atom stereocenters. The number of hydrogen-bond donors (Lipinski definition) is 1. The van der Waals surface area contributed by atoms with E-state index < -0.39 is 28.5 Å². The van der Waals surface area contributed by atoms with Crippen LogP contribution in [0.4, 0.5) is 5.69 Å². The maximum Gasteiger partial charge on any atom is 0.331 e. The molecule has 1 N–H and O–H groups in total. The molecule has 0 saturated carbocycles. The van der Waals surface area contributed by atoms with Gasteiger partial charge in [-0.3, -0.25) is 4.79 Å². The third-order valence-electron chi connectivity index (χ3n) is 4.89. The normalized spacial score (nSPS) is 14.5. The van der Waals surface area contributed by atoms with Gasteiger partial charge in [0.25, 0.3) is 5.91 Å². The number of sulfonamides is 1. The lowest BCUT2D eigenvalue weighted by Gasteiger charge is -2.26. The zero-order valence-electron chi connectivity index (χ0n) is 18.9. The van der Waals surface area contributed by atoms with E-state index in [1.54, 1.807) is 30.3 Å². The van der Waals surface area contributed by atoms with Crippen molar-refractivity contribution in [3.05, 3.63) is 54.1 Å². The Kier molecular flexibility index (Phi) is 8.63. The van der Waals surface area contributed by atoms with Gasteiger partial charge in [-0.15, -0.1) is 0 Å². The molecule has 34 heavy (non-hydrogen) atoms. The van der Waals surface area contributed by atoms with Crippen LogP contribution in [0.25, 0.3) is 6.08 Å². The minimum absolute atomic E-state index is 0.00918. The molecule has 2 aromatic carbocycles. The van der Waals surface area contributed by atoms with Crippen molar-refractivity contribution in [1.29, 1.82) is 0 Å². The Morgan fingerprint density at radius 1 is 1.09 bits per heavy atom. The summed E-state index contributed by atoms with van der Waals surface area (Å²) in [6, 6.07) is 11.3. The summed E-state index contributed by atoms with van der Waals surface area (Å²) >= 11 is 0. The molecule has 1 aliphatic rings. The van der Waals surface area contributed by atoms with Gasteiger partial charge in [-0.2, -0.15) is 4.31 Å². The number of rotatable bonds is 9. The van der Waals surface area contributed by atoms with Crippen LogP contribution >= 0.6 is 0 Å². The number of nitrogens with one attached hydrogen (secondary N) is 1. The molecule has 1 fully saturated rings. The van der Waals surface area contributed by atoms with Crippen LogP contribution in [-0.2, 0) is 29.1 Å². The number of amides is 1. The molecule has 0 radical (unpaired) electrons. The Morgan fingerprint density at radius 3 is 2.56 bits per heavy atom. The molecule has 1 amide bonds. The fourth-order valence-electron chi connectivity index (χ4n) is 3.17. The number of esters is 1. The predicted molar refractivity (Wildman–Crippen MR) is 124 cm³/mol. The fraction of sp³-hybridized carbons (Fsp3) is 0.304. The number of methoxy groups -OCH3 is 2. The van der Waals surface area contributed by atoms with Gasteiger partial charge >= 0.3 is 5.97 Å². The van der Waals surface area contributed by atoms with E-state index >= 15 is 0 Å². The first-order valence-electron chi connectivity index (χ1n) is 10.4. The van der Waals surface area contributed by atoms with E-state index in [4.69, 9.17) is 18.9 Å². The summed E-state index contributed by atoms with van der Waals surface area (Å²) < 4.78 is 47.9. The molecule has 0 aromatic heterocycles. The van der Waals surface area contributed by atoms with Gasteiger partial charge < -0.3 is 24.3 Å². The molecule has 0 bridgehead atoms. The van der Waals surface area contributed by atoms with Gasteiger partial charge in [0, 0.05) is 30.9 Å². The van der Waals surface area contributed by atoms with Crippen molar-refractivity contribution in [2.45, 2.75) is 4.90 Å². The van der Waals surface area contributed by atoms with Crippen molar-refractivity contribution in [3.63, 3.8) is 0 Å². The smallest absolute Gasteiger partial charge is 0.331 e. The number of hydrogen-bond acceptors (Lipinski definition) is 8. The van der Waals surface area contributed by atoms with Crippen molar-refractivity contribution in [2.24, 2.45) is 0 Å². The first-order valence-corrected chi connectivity index (χ1v) is 11.8. The summed E-state index contributed by atoms with van der Waals surface area (Å²) in [5.74, 6) is -0.500. The van der Waals surface area contributed by atoms with Gasteiger partial charge in [0.2, 0.25) is 10.0 Å².